The smallest absolute Gasteiger partial charge is 0.398 e. The molecule has 3 heterocycles. The minimum absolute atomic E-state index is 0.206. The van der Waals surface area contributed by atoms with Crippen molar-refractivity contribution < 1.29 is 14.1 Å². The highest BCUT2D eigenvalue weighted by atomic mass is 35.5. The van der Waals surface area contributed by atoms with Crippen LogP contribution in [0, 0.1) is 10.1 Å². The number of amides is 1. The van der Waals surface area contributed by atoms with Gasteiger partial charge in [0, 0.05) is 15.6 Å². The molecule has 0 aliphatic carbocycles. The molecule has 13 heteroatoms. The summed E-state index contributed by atoms with van der Waals surface area (Å²) in [4.78, 5) is 26.9. The molecule has 1 amide bonds. The number of furan rings is 1. The molecule has 0 unspecified atom stereocenters. The minimum Gasteiger partial charge on any atom is -0.398 e. The fourth-order valence-electron chi connectivity index (χ4n) is 2.25. The van der Waals surface area contributed by atoms with Gasteiger partial charge in [-0.1, -0.05) is 40.6 Å². The maximum absolute atomic E-state index is 12.2. The number of aliphatic imine (C=N–C) groups is 1. The zero-order valence-corrected chi connectivity index (χ0v) is 17.1. The van der Waals surface area contributed by atoms with Crippen molar-refractivity contribution in [2.45, 2.75) is 0 Å². The number of halogens is 2. The Kier molecular flexibility index (Phi) is 5.37. The van der Waals surface area contributed by atoms with Crippen LogP contribution in [0.1, 0.15) is 5.56 Å². The summed E-state index contributed by atoms with van der Waals surface area (Å²) in [5, 5.41) is 22.9. The van der Waals surface area contributed by atoms with Gasteiger partial charge in [0.25, 0.3) is 5.91 Å². The highest BCUT2D eigenvalue weighted by molar-refractivity contribution is 8.18. The molecule has 1 aliphatic heterocycles. The highest BCUT2D eigenvalue weighted by Gasteiger charge is 2.25. The van der Waals surface area contributed by atoms with Gasteiger partial charge in [-0.3, -0.25) is 14.9 Å². The predicted molar refractivity (Wildman–Crippen MR) is 112 cm³/mol. The molecular formula is C16H7Cl2N5O4S2. The zero-order chi connectivity index (χ0) is 20.5. The number of hydrogen-bond donors (Lipinski definition) is 1. The van der Waals surface area contributed by atoms with Crippen LogP contribution in [-0.4, -0.2) is 26.2 Å². The quantitative estimate of drug-likeness (QED) is 0.328. The number of hydrogen-bond acceptors (Lipinski definition) is 9. The van der Waals surface area contributed by atoms with Crippen molar-refractivity contribution in [2.24, 2.45) is 4.99 Å². The van der Waals surface area contributed by atoms with E-state index in [4.69, 9.17) is 27.6 Å². The normalized spacial score (nSPS) is 16.6. The lowest BCUT2D eigenvalue weighted by Gasteiger charge is -2.01. The predicted octanol–water partition coefficient (Wildman–Crippen LogP) is 4.90. The van der Waals surface area contributed by atoms with E-state index in [2.05, 4.69) is 20.5 Å². The van der Waals surface area contributed by atoms with E-state index in [1.54, 1.807) is 24.3 Å². The monoisotopic (exact) mass is 467 g/mol. The topological polar surface area (TPSA) is 124 Å². The Morgan fingerprint density at radius 1 is 1.21 bits per heavy atom. The summed E-state index contributed by atoms with van der Waals surface area (Å²) >= 11 is 14.4. The lowest BCUT2D eigenvalue weighted by atomic mass is 10.2. The Hall–Kier alpha value is -2.73. The summed E-state index contributed by atoms with van der Waals surface area (Å²) in [6, 6.07) is 7.71. The van der Waals surface area contributed by atoms with Crippen molar-refractivity contribution in [3.05, 3.63) is 61.0 Å². The molecule has 146 valence electrons. The van der Waals surface area contributed by atoms with Gasteiger partial charge in [0.1, 0.15) is 4.92 Å². The number of carbonyl (C=O) groups excluding carboxylic acids is 1. The number of rotatable bonds is 4. The number of amidine groups is 1. The summed E-state index contributed by atoms with van der Waals surface area (Å²) in [5.41, 5.74) is 0.535. The molecule has 1 fully saturated rings. The van der Waals surface area contributed by atoms with E-state index >= 15 is 0 Å². The molecule has 4 rings (SSSR count). The first kappa shape index (κ1) is 19.6. The average molecular weight is 468 g/mol. The third kappa shape index (κ3) is 4.17. The number of nitrogens with zero attached hydrogens (tertiary/aromatic N) is 4. The third-order valence-corrected chi connectivity index (χ3v) is 5.92. The lowest BCUT2D eigenvalue weighted by Crippen LogP contribution is -2.19. The van der Waals surface area contributed by atoms with Crippen molar-refractivity contribution in [1.82, 2.24) is 15.5 Å². The summed E-state index contributed by atoms with van der Waals surface area (Å²) in [6.45, 7) is 0. The molecule has 1 aliphatic rings. The summed E-state index contributed by atoms with van der Waals surface area (Å²) in [7, 11) is 0. The zero-order valence-electron chi connectivity index (χ0n) is 14.0. The van der Waals surface area contributed by atoms with Gasteiger partial charge in [-0.2, -0.15) is 4.99 Å². The van der Waals surface area contributed by atoms with E-state index in [1.165, 1.54) is 12.1 Å². The maximum Gasteiger partial charge on any atom is 0.433 e. The molecule has 1 aromatic carbocycles. The van der Waals surface area contributed by atoms with E-state index < -0.39 is 10.8 Å². The molecule has 29 heavy (non-hydrogen) atoms. The van der Waals surface area contributed by atoms with Gasteiger partial charge in [0.15, 0.2) is 15.9 Å². The van der Waals surface area contributed by atoms with E-state index in [9.17, 15) is 14.9 Å². The van der Waals surface area contributed by atoms with Gasteiger partial charge in [-0.15, -0.1) is 10.2 Å². The van der Waals surface area contributed by atoms with E-state index in [0.29, 0.717) is 30.7 Å². The van der Waals surface area contributed by atoms with E-state index in [1.807, 2.05) is 0 Å². The first-order chi connectivity index (χ1) is 13.9. The minimum atomic E-state index is -0.643. The maximum atomic E-state index is 12.2. The lowest BCUT2D eigenvalue weighted by molar-refractivity contribution is -0.401. The fourth-order valence-corrected chi connectivity index (χ4v) is 4.30. The molecular weight excluding hydrogens is 461 g/mol. The summed E-state index contributed by atoms with van der Waals surface area (Å²) in [5.74, 6) is -0.538. The first-order valence-corrected chi connectivity index (χ1v) is 10.1. The standard InChI is InChI=1S/C16H7Cl2N5O4S2/c17-8-2-1-3-9(18)7(8)6-11-13(24)19-15(28-11)20-16-22-21-14(29-16)10-4-5-12(27-10)23(25)26/h1-6H,(H,19,20,22,24). The third-order valence-electron chi connectivity index (χ3n) is 3.52. The van der Waals surface area contributed by atoms with Gasteiger partial charge < -0.3 is 9.73 Å². The van der Waals surface area contributed by atoms with Crippen LogP contribution >= 0.6 is 46.3 Å². The molecule has 3 aromatic rings. The van der Waals surface area contributed by atoms with E-state index in [0.717, 1.165) is 23.1 Å². The van der Waals surface area contributed by atoms with Crippen LogP contribution in [0.15, 0.2) is 44.6 Å². The fraction of sp³-hybridized carbons (Fsp3) is 0. The van der Waals surface area contributed by atoms with Crippen LogP contribution in [0.4, 0.5) is 11.0 Å². The number of aromatic nitrogens is 2. The second-order valence-electron chi connectivity index (χ2n) is 5.40. The molecule has 1 N–H and O–H groups in total. The van der Waals surface area contributed by atoms with Crippen LogP contribution in [0.3, 0.4) is 0 Å². The van der Waals surface area contributed by atoms with Gasteiger partial charge >= 0.3 is 5.88 Å². The Morgan fingerprint density at radius 3 is 2.66 bits per heavy atom. The molecule has 0 radical (unpaired) electrons. The Labute approximate surface area is 180 Å². The largest absolute Gasteiger partial charge is 0.433 e. The van der Waals surface area contributed by atoms with Gasteiger partial charge in [0.05, 0.1) is 11.0 Å². The number of carbonyl (C=O) groups is 1. The second-order valence-corrected chi connectivity index (χ2v) is 8.20. The molecule has 9 nitrogen and oxygen atoms in total. The van der Waals surface area contributed by atoms with Crippen LogP contribution in [0.25, 0.3) is 16.8 Å². The molecule has 0 atom stereocenters. The number of nitro groups is 1. The Bertz CT molecular complexity index is 1180. The van der Waals surface area contributed by atoms with Crippen LogP contribution in [-0.2, 0) is 4.79 Å². The number of benzene rings is 1. The number of thioether (sulfide) groups is 1. The molecule has 2 aromatic heterocycles. The van der Waals surface area contributed by atoms with Crippen LogP contribution in [0.5, 0.6) is 0 Å². The Morgan fingerprint density at radius 2 is 1.97 bits per heavy atom. The molecule has 0 saturated carbocycles. The van der Waals surface area contributed by atoms with Crippen molar-refractivity contribution in [2.75, 3.05) is 0 Å². The first-order valence-electron chi connectivity index (χ1n) is 7.72. The Balaban J connectivity index is 1.56. The molecule has 0 bridgehead atoms. The number of nitrogens with one attached hydrogen (secondary N) is 1. The SMILES string of the molecule is O=C1NC(=Nc2nnc(-c3ccc([N+](=O)[O-])o3)s2)SC1=Cc1c(Cl)cccc1Cl. The summed E-state index contributed by atoms with van der Waals surface area (Å²) in [6.07, 6.45) is 1.58. The van der Waals surface area contributed by atoms with Crippen molar-refractivity contribution in [3.8, 4) is 10.8 Å². The van der Waals surface area contributed by atoms with Crippen LogP contribution < -0.4 is 5.32 Å². The second kappa shape index (κ2) is 7.95. The van der Waals surface area contributed by atoms with Gasteiger partial charge in [-0.05, 0) is 36.0 Å². The van der Waals surface area contributed by atoms with Gasteiger partial charge in [-0.25, -0.2) is 0 Å². The van der Waals surface area contributed by atoms with Crippen LogP contribution in [0.2, 0.25) is 10.0 Å². The van der Waals surface area contributed by atoms with Gasteiger partial charge in [0.2, 0.25) is 5.13 Å². The molecule has 0 spiro atoms. The highest BCUT2D eigenvalue weighted by Crippen LogP contribution is 2.35. The molecule has 1 saturated heterocycles. The van der Waals surface area contributed by atoms with Crippen molar-refractivity contribution >= 4 is 74.5 Å². The summed E-state index contributed by atoms with van der Waals surface area (Å²) < 4.78 is 5.09. The average Bonchev–Trinajstić information content (AvgIpc) is 3.39. The van der Waals surface area contributed by atoms with Crippen molar-refractivity contribution in [1.29, 1.82) is 0 Å². The van der Waals surface area contributed by atoms with E-state index in [-0.39, 0.29) is 16.8 Å². The van der Waals surface area contributed by atoms with Crippen molar-refractivity contribution in [3.63, 3.8) is 0 Å².